The van der Waals surface area contributed by atoms with Gasteiger partial charge < -0.3 is 30.1 Å². The highest BCUT2D eigenvalue weighted by Crippen LogP contribution is 2.64. The molecular formula is C32H47N3O6. The summed E-state index contributed by atoms with van der Waals surface area (Å²) < 4.78 is 12.4. The van der Waals surface area contributed by atoms with E-state index < -0.39 is 35.1 Å². The van der Waals surface area contributed by atoms with Crippen LogP contribution >= 0.6 is 0 Å². The van der Waals surface area contributed by atoms with Crippen LogP contribution in [-0.4, -0.2) is 70.3 Å². The molecule has 4 aliphatic rings. The molecule has 5 rings (SSSR count). The van der Waals surface area contributed by atoms with Crippen molar-refractivity contribution in [3.63, 3.8) is 0 Å². The zero-order valence-corrected chi connectivity index (χ0v) is 25.0. The number of nitrogens with one attached hydrogen (secondary N) is 2. The van der Waals surface area contributed by atoms with E-state index in [9.17, 15) is 19.5 Å². The van der Waals surface area contributed by atoms with Crippen molar-refractivity contribution in [2.75, 3.05) is 18.5 Å². The zero-order valence-electron chi connectivity index (χ0n) is 25.0. The summed E-state index contributed by atoms with van der Waals surface area (Å²) >= 11 is 0. The smallest absolute Gasteiger partial charge is 0.246 e. The first-order valence-electron chi connectivity index (χ1n) is 15.7. The highest BCUT2D eigenvalue weighted by molar-refractivity contribution is 6.02. The number of ether oxygens (including phenoxy) is 2. The second-order valence-electron chi connectivity index (χ2n) is 12.5. The molecule has 3 saturated heterocycles. The Labute approximate surface area is 243 Å². The second-order valence-corrected chi connectivity index (χ2v) is 12.5. The fourth-order valence-electron chi connectivity index (χ4n) is 8.07. The molecule has 1 aromatic rings. The van der Waals surface area contributed by atoms with Gasteiger partial charge in [-0.25, -0.2) is 0 Å². The van der Waals surface area contributed by atoms with Gasteiger partial charge in [0, 0.05) is 11.7 Å². The number of nitrogens with zero attached hydrogens (tertiary/aromatic N) is 1. The van der Waals surface area contributed by atoms with Crippen molar-refractivity contribution in [3.8, 4) is 5.75 Å². The summed E-state index contributed by atoms with van der Waals surface area (Å²) in [5.74, 6) is -1.59. The molecular weight excluding hydrogens is 522 g/mol. The first kappa shape index (κ1) is 29.8. The van der Waals surface area contributed by atoms with Crippen molar-refractivity contribution in [1.29, 1.82) is 0 Å². The Morgan fingerprint density at radius 1 is 1.10 bits per heavy atom. The summed E-state index contributed by atoms with van der Waals surface area (Å²) in [6, 6.07) is 5.84. The Hall–Kier alpha value is -2.65. The Kier molecular flexibility index (Phi) is 8.67. The predicted octanol–water partition coefficient (Wildman–Crippen LogP) is 4.03. The first-order valence-corrected chi connectivity index (χ1v) is 15.7. The quantitative estimate of drug-likeness (QED) is 0.371. The van der Waals surface area contributed by atoms with Gasteiger partial charge in [-0.15, -0.1) is 0 Å². The van der Waals surface area contributed by atoms with Crippen LogP contribution in [0.4, 0.5) is 5.69 Å². The molecule has 3 aliphatic heterocycles. The molecule has 3 heterocycles. The number of carbonyl (C=O) groups is 3. The summed E-state index contributed by atoms with van der Waals surface area (Å²) in [4.78, 5) is 44.4. The molecule has 7 atom stereocenters. The topological polar surface area (TPSA) is 117 Å². The summed E-state index contributed by atoms with van der Waals surface area (Å²) in [6.45, 7) is 8.22. The Morgan fingerprint density at radius 3 is 2.41 bits per heavy atom. The summed E-state index contributed by atoms with van der Waals surface area (Å²) in [5.41, 5.74) is -1.31. The molecule has 3 amide bonds. The number of amides is 3. The van der Waals surface area contributed by atoms with Crippen LogP contribution in [0.25, 0.3) is 0 Å². The maximum atomic E-state index is 14.5. The number of aliphatic hydroxyl groups is 1. The van der Waals surface area contributed by atoms with Crippen LogP contribution in [0.2, 0.25) is 0 Å². The molecule has 9 heteroatoms. The molecule has 1 aromatic carbocycles. The molecule has 41 heavy (non-hydrogen) atoms. The van der Waals surface area contributed by atoms with Crippen LogP contribution in [0, 0.1) is 17.8 Å². The lowest BCUT2D eigenvalue weighted by Crippen LogP contribution is -2.60. The van der Waals surface area contributed by atoms with Gasteiger partial charge in [0.25, 0.3) is 0 Å². The monoisotopic (exact) mass is 569 g/mol. The van der Waals surface area contributed by atoms with Gasteiger partial charge >= 0.3 is 0 Å². The van der Waals surface area contributed by atoms with Gasteiger partial charge in [0.2, 0.25) is 17.7 Å². The average molecular weight is 570 g/mol. The maximum absolute atomic E-state index is 14.5. The number of hydrogen-bond donors (Lipinski definition) is 3. The largest absolute Gasteiger partial charge is 0.494 e. The standard InChI is InChI=1S/C32H47N3O6/c1-5-20(4)24(19-36)35-27(29(38)34-21-11-9-8-10-12-21)32-18-17-31(6-2,41-32)25(26(32)30(35)39)28(37)33-22-13-15-23(16-14-22)40-7-3/h13-16,20-21,24-27,36H,5-12,17-19H2,1-4H3,(H,33,37)(H,34,38)/t20-,24-,25+,26-,27?,31-,32?/m0/s1. The third-order valence-corrected chi connectivity index (χ3v) is 10.4. The Morgan fingerprint density at radius 2 is 1.80 bits per heavy atom. The lowest BCUT2D eigenvalue weighted by atomic mass is 9.65. The van der Waals surface area contributed by atoms with Gasteiger partial charge in [-0.3, -0.25) is 14.4 Å². The van der Waals surface area contributed by atoms with Crippen LogP contribution in [-0.2, 0) is 19.1 Å². The van der Waals surface area contributed by atoms with Gasteiger partial charge in [0.1, 0.15) is 17.4 Å². The van der Waals surface area contributed by atoms with Crippen LogP contribution in [0.3, 0.4) is 0 Å². The number of anilines is 1. The summed E-state index contributed by atoms with van der Waals surface area (Å²) in [7, 11) is 0. The van der Waals surface area contributed by atoms with E-state index in [0.29, 0.717) is 37.3 Å². The average Bonchev–Trinajstić information content (AvgIpc) is 3.59. The van der Waals surface area contributed by atoms with Crippen LogP contribution in [0.15, 0.2) is 24.3 Å². The number of carbonyl (C=O) groups excluding carboxylic acids is 3. The molecule has 1 spiro atoms. The van der Waals surface area contributed by atoms with Crippen molar-refractivity contribution in [2.24, 2.45) is 17.8 Å². The zero-order chi connectivity index (χ0) is 29.4. The van der Waals surface area contributed by atoms with E-state index in [-0.39, 0.29) is 36.3 Å². The van der Waals surface area contributed by atoms with Crippen molar-refractivity contribution < 1.29 is 29.0 Å². The van der Waals surface area contributed by atoms with Crippen molar-refractivity contribution >= 4 is 23.4 Å². The van der Waals surface area contributed by atoms with Gasteiger partial charge in [-0.1, -0.05) is 46.5 Å². The van der Waals surface area contributed by atoms with Crippen molar-refractivity contribution in [1.82, 2.24) is 10.2 Å². The molecule has 2 unspecified atom stereocenters. The number of fused-ring (bicyclic) bond motifs is 1. The number of benzene rings is 1. The number of likely N-dealkylation sites (tertiary alicyclic amines) is 1. The van der Waals surface area contributed by atoms with E-state index in [1.165, 1.54) is 6.42 Å². The molecule has 226 valence electrons. The third-order valence-electron chi connectivity index (χ3n) is 10.4. The van der Waals surface area contributed by atoms with Crippen molar-refractivity contribution in [2.45, 2.75) is 115 Å². The highest BCUT2D eigenvalue weighted by atomic mass is 16.5. The van der Waals surface area contributed by atoms with E-state index in [1.807, 2.05) is 27.7 Å². The molecule has 0 aromatic heterocycles. The minimum atomic E-state index is -1.10. The molecule has 1 saturated carbocycles. The predicted molar refractivity (Wildman–Crippen MR) is 155 cm³/mol. The molecule has 1 aliphatic carbocycles. The lowest BCUT2D eigenvalue weighted by Gasteiger charge is -2.40. The SMILES string of the molecule is CCOc1ccc(NC(=O)[C@H]2[C@H]3C(=O)N([C@@H](CO)[C@@H](C)CC)C(C(=O)NC4CCCCC4)C34CC[C@]2(CC)O4)cc1. The Bertz CT molecular complexity index is 1120. The van der Waals surface area contributed by atoms with Crippen LogP contribution < -0.4 is 15.4 Å². The van der Waals surface area contributed by atoms with E-state index in [1.54, 1.807) is 29.2 Å². The molecule has 9 nitrogen and oxygen atoms in total. The number of aliphatic hydroxyl groups excluding tert-OH is 1. The number of hydrogen-bond acceptors (Lipinski definition) is 6. The normalized spacial score (nSPS) is 32.5. The van der Waals surface area contributed by atoms with Gasteiger partial charge in [0.05, 0.1) is 36.7 Å². The van der Waals surface area contributed by atoms with E-state index >= 15 is 0 Å². The third kappa shape index (κ3) is 5.03. The van der Waals surface area contributed by atoms with Crippen molar-refractivity contribution in [3.05, 3.63) is 24.3 Å². The second kappa shape index (κ2) is 11.9. The van der Waals surface area contributed by atoms with E-state index in [2.05, 4.69) is 10.6 Å². The van der Waals surface area contributed by atoms with E-state index in [0.717, 1.165) is 32.1 Å². The minimum absolute atomic E-state index is 0.0300. The Balaban J connectivity index is 1.50. The summed E-state index contributed by atoms with van der Waals surface area (Å²) in [5, 5.41) is 16.8. The van der Waals surface area contributed by atoms with Gasteiger partial charge in [-0.05, 0) is 69.2 Å². The number of rotatable bonds is 11. The highest BCUT2D eigenvalue weighted by Gasteiger charge is 2.79. The molecule has 0 radical (unpaired) electrons. The fraction of sp³-hybridized carbons (Fsp3) is 0.719. The summed E-state index contributed by atoms with van der Waals surface area (Å²) in [6.07, 6.45) is 7.58. The maximum Gasteiger partial charge on any atom is 0.246 e. The minimum Gasteiger partial charge on any atom is -0.494 e. The van der Waals surface area contributed by atoms with Crippen LogP contribution in [0.1, 0.15) is 85.5 Å². The fourth-order valence-corrected chi connectivity index (χ4v) is 8.07. The van der Waals surface area contributed by atoms with Gasteiger partial charge in [-0.2, -0.15) is 0 Å². The van der Waals surface area contributed by atoms with Crippen LogP contribution in [0.5, 0.6) is 5.75 Å². The molecule has 2 bridgehead atoms. The van der Waals surface area contributed by atoms with Gasteiger partial charge in [0.15, 0.2) is 0 Å². The molecule has 3 N–H and O–H groups in total. The lowest BCUT2D eigenvalue weighted by molar-refractivity contribution is -0.152. The molecule has 4 fully saturated rings. The first-order chi connectivity index (χ1) is 19.7. The van der Waals surface area contributed by atoms with E-state index in [4.69, 9.17) is 9.47 Å².